The van der Waals surface area contributed by atoms with Gasteiger partial charge in [0.1, 0.15) is 0 Å². The number of hydrogen-bond acceptors (Lipinski definition) is 3. The zero-order valence-corrected chi connectivity index (χ0v) is 22.0. The molecule has 3 fully saturated rings. The van der Waals surface area contributed by atoms with Crippen LogP contribution in [0.3, 0.4) is 0 Å². The van der Waals surface area contributed by atoms with Gasteiger partial charge in [-0.05, 0) is 91.3 Å². The van der Waals surface area contributed by atoms with E-state index >= 15 is 0 Å². The topological polar surface area (TPSA) is 66.4 Å². The van der Waals surface area contributed by atoms with Crippen LogP contribution in [0.25, 0.3) is 0 Å². The average molecular weight is 464 g/mol. The summed E-state index contributed by atoms with van der Waals surface area (Å²) in [4.78, 5) is 25.6. The first-order valence-electron chi connectivity index (χ1n) is 13.1. The van der Waals surface area contributed by atoms with E-state index in [1.165, 1.54) is 12.0 Å². The van der Waals surface area contributed by atoms with E-state index < -0.39 is 0 Å². The third kappa shape index (κ3) is 2.72. The minimum absolute atomic E-state index is 0.00581. The maximum atomic E-state index is 12.9. The largest absolute Gasteiger partial charge is 0.504 e. The van der Waals surface area contributed by atoms with Crippen LogP contribution >= 0.6 is 0 Å². The molecular weight excluding hydrogens is 422 g/mol. The standard InChI is InChI=1S/C30H41NO3/c1-18-19-8-9-22-28(4,20(19)16-21(32)24(18)33)13-15-30(6)23-17-27(3,25(34)31-7)11-10-26(23,2)12-14-29(22,30)5/h8-9,16,23,33H,10-15,17H2,1-7H3,(H,31,34)/t23-,26-,27-,28+,29-,30+/m1/s1. The molecule has 6 atom stereocenters. The SMILES string of the molecule is CNC(=O)[C@]1(C)CC[C@]2(C)CC[C@]3(C)C4=CC=C5C(=CC(=O)C(O)=C5C)[C@]4(C)CC[C@@]3(C)[C@@H]2C1. The maximum absolute atomic E-state index is 12.9. The molecule has 0 aromatic heterocycles. The molecule has 4 heteroatoms. The van der Waals surface area contributed by atoms with E-state index in [1.54, 1.807) is 13.1 Å². The average Bonchev–Trinajstić information content (AvgIpc) is 2.80. The summed E-state index contributed by atoms with van der Waals surface area (Å²) in [5, 5.41) is 13.3. The van der Waals surface area contributed by atoms with Gasteiger partial charge in [-0.2, -0.15) is 0 Å². The Bertz CT molecular complexity index is 1120. The monoisotopic (exact) mass is 463 g/mol. The van der Waals surface area contributed by atoms with Crippen LogP contribution in [-0.4, -0.2) is 23.8 Å². The molecule has 184 valence electrons. The summed E-state index contributed by atoms with van der Waals surface area (Å²) in [6.07, 6.45) is 13.5. The van der Waals surface area contributed by atoms with Crippen molar-refractivity contribution in [2.24, 2.45) is 33.0 Å². The number of aliphatic hydroxyl groups excluding tert-OH is 1. The van der Waals surface area contributed by atoms with E-state index in [1.807, 2.05) is 6.92 Å². The number of carbonyl (C=O) groups excluding carboxylic acids is 2. The molecule has 5 rings (SSSR count). The Kier molecular flexibility index (Phi) is 4.85. The van der Waals surface area contributed by atoms with Crippen molar-refractivity contribution in [3.05, 3.63) is 46.3 Å². The lowest BCUT2D eigenvalue weighted by Gasteiger charge is -2.70. The fourth-order valence-electron chi connectivity index (χ4n) is 8.96. The summed E-state index contributed by atoms with van der Waals surface area (Å²) < 4.78 is 0. The lowest BCUT2D eigenvalue weighted by atomic mass is 9.34. The fraction of sp³-hybridized carbons (Fsp3) is 0.667. The Balaban J connectivity index is 1.63. The van der Waals surface area contributed by atoms with Crippen LogP contribution in [0.5, 0.6) is 0 Å². The molecule has 0 unspecified atom stereocenters. The van der Waals surface area contributed by atoms with Gasteiger partial charge in [-0.15, -0.1) is 0 Å². The molecule has 3 saturated carbocycles. The van der Waals surface area contributed by atoms with Gasteiger partial charge in [0.15, 0.2) is 5.76 Å². The Morgan fingerprint density at radius 2 is 1.68 bits per heavy atom. The molecule has 0 heterocycles. The van der Waals surface area contributed by atoms with Crippen molar-refractivity contribution in [2.75, 3.05) is 7.05 Å². The number of ketones is 1. The molecular formula is C30H41NO3. The van der Waals surface area contributed by atoms with E-state index in [0.29, 0.717) is 11.5 Å². The predicted octanol–water partition coefficient (Wildman–Crippen LogP) is 6.36. The molecule has 5 aliphatic carbocycles. The van der Waals surface area contributed by atoms with Crippen molar-refractivity contribution in [2.45, 2.75) is 86.5 Å². The van der Waals surface area contributed by atoms with E-state index in [-0.39, 0.29) is 44.5 Å². The number of aliphatic hydroxyl groups is 1. The Labute approximate surface area is 204 Å². The molecule has 0 bridgehead atoms. The molecule has 0 aliphatic heterocycles. The first kappa shape index (κ1) is 23.6. The van der Waals surface area contributed by atoms with Crippen LogP contribution in [0.15, 0.2) is 46.3 Å². The highest BCUT2D eigenvalue weighted by molar-refractivity contribution is 6.06. The summed E-state index contributed by atoms with van der Waals surface area (Å²) in [6.45, 7) is 13.8. The Hall–Kier alpha value is -2.10. The first-order valence-corrected chi connectivity index (χ1v) is 13.1. The minimum Gasteiger partial charge on any atom is -0.504 e. The fourth-order valence-corrected chi connectivity index (χ4v) is 8.96. The third-order valence-corrected chi connectivity index (χ3v) is 11.6. The van der Waals surface area contributed by atoms with Gasteiger partial charge in [0.25, 0.3) is 0 Å². The third-order valence-electron chi connectivity index (χ3n) is 11.6. The molecule has 0 aromatic rings. The highest BCUT2D eigenvalue weighted by Gasteiger charge is 2.67. The number of carbonyl (C=O) groups is 2. The summed E-state index contributed by atoms with van der Waals surface area (Å²) in [6, 6.07) is 0. The molecule has 34 heavy (non-hydrogen) atoms. The minimum atomic E-state index is -0.313. The number of fused-ring (bicyclic) bond motifs is 7. The Morgan fingerprint density at radius 1 is 1.00 bits per heavy atom. The summed E-state index contributed by atoms with van der Waals surface area (Å²) in [5.41, 5.74) is 4.06. The number of nitrogens with one attached hydrogen (secondary N) is 1. The molecule has 1 amide bonds. The highest BCUT2D eigenvalue weighted by atomic mass is 16.3. The Morgan fingerprint density at radius 3 is 2.35 bits per heavy atom. The van der Waals surface area contributed by atoms with E-state index in [0.717, 1.165) is 49.7 Å². The molecule has 0 spiro atoms. The van der Waals surface area contributed by atoms with Gasteiger partial charge < -0.3 is 10.4 Å². The second kappa shape index (κ2) is 6.98. The highest BCUT2D eigenvalue weighted by Crippen LogP contribution is 2.75. The van der Waals surface area contributed by atoms with Crippen molar-refractivity contribution < 1.29 is 14.7 Å². The second-order valence-electron chi connectivity index (χ2n) is 13.2. The number of rotatable bonds is 1. The quantitative estimate of drug-likeness (QED) is 0.475. The summed E-state index contributed by atoms with van der Waals surface area (Å²) >= 11 is 0. The van der Waals surface area contributed by atoms with Gasteiger partial charge in [0, 0.05) is 23.5 Å². The molecule has 0 saturated heterocycles. The van der Waals surface area contributed by atoms with Crippen molar-refractivity contribution in [3.63, 3.8) is 0 Å². The van der Waals surface area contributed by atoms with Crippen LogP contribution in [-0.2, 0) is 9.59 Å². The van der Waals surface area contributed by atoms with Crippen LogP contribution in [0.1, 0.15) is 86.5 Å². The zero-order valence-electron chi connectivity index (χ0n) is 22.0. The molecule has 2 N–H and O–H groups in total. The normalized spacial score (nSPS) is 45.7. The van der Waals surface area contributed by atoms with Crippen molar-refractivity contribution in [1.82, 2.24) is 5.32 Å². The number of hydrogen-bond donors (Lipinski definition) is 2. The number of allylic oxidation sites excluding steroid dienone is 7. The van der Waals surface area contributed by atoms with Crippen molar-refractivity contribution >= 4 is 11.7 Å². The number of amides is 1. The van der Waals surface area contributed by atoms with Gasteiger partial charge in [-0.1, -0.05) is 52.3 Å². The first-order chi connectivity index (χ1) is 15.8. The molecule has 4 nitrogen and oxygen atoms in total. The van der Waals surface area contributed by atoms with Crippen molar-refractivity contribution in [1.29, 1.82) is 0 Å². The van der Waals surface area contributed by atoms with E-state index in [2.05, 4.69) is 52.1 Å². The zero-order chi connectivity index (χ0) is 24.9. The van der Waals surface area contributed by atoms with Gasteiger partial charge in [-0.25, -0.2) is 0 Å². The maximum Gasteiger partial charge on any atom is 0.225 e. The van der Waals surface area contributed by atoms with Crippen LogP contribution < -0.4 is 5.32 Å². The van der Waals surface area contributed by atoms with E-state index in [9.17, 15) is 14.7 Å². The lowest BCUT2D eigenvalue weighted by Crippen LogP contribution is -2.62. The summed E-state index contributed by atoms with van der Waals surface area (Å²) in [5.74, 6) is 0.267. The van der Waals surface area contributed by atoms with Crippen LogP contribution in [0.4, 0.5) is 0 Å². The van der Waals surface area contributed by atoms with Gasteiger partial charge in [0.05, 0.1) is 0 Å². The summed E-state index contributed by atoms with van der Waals surface area (Å²) in [7, 11) is 1.77. The van der Waals surface area contributed by atoms with Gasteiger partial charge in [-0.3, -0.25) is 9.59 Å². The molecule has 5 aliphatic rings. The molecule has 0 radical (unpaired) electrons. The predicted molar refractivity (Wildman–Crippen MR) is 135 cm³/mol. The van der Waals surface area contributed by atoms with Crippen LogP contribution in [0.2, 0.25) is 0 Å². The van der Waals surface area contributed by atoms with Gasteiger partial charge >= 0.3 is 0 Å². The lowest BCUT2D eigenvalue weighted by molar-refractivity contribution is -0.169. The smallest absolute Gasteiger partial charge is 0.225 e. The molecule has 0 aromatic carbocycles. The van der Waals surface area contributed by atoms with E-state index in [4.69, 9.17) is 0 Å². The second-order valence-corrected chi connectivity index (χ2v) is 13.2. The van der Waals surface area contributed by atoms with Crippen LogP contribution in [0, 0.1) is 33.0 Å². The van der Waals surface area contributed by atoms with Gasteiger partial charge in [0.2, 0.25) is 11.7 Å². The van der Waals surface area contributed by atoms with Crippen molar-refractivity contribution in [3.8, 4) is 0 Å².